The lowest BCUT2D eigenvalue weighted by Crippen LogP contribution is -2.12. The van der Waals surface area contributed by atoms with Crippen molar-refractivity contribution < 1.29 is 24.2 Å². The molecule has 2 aromatic carbocycles. The van der Waals surface area contributed by atoms with E-state index in [4.69, 9.17) is 9.52 Å². The number of carbonyl (C=O) groups excluding carboxylic acids is 1. The maximum Gasteiger partial charge on any atom is 0.335 e. The summed E-state index contributed by atoms with van der Waals surface area (Å²) in [7, 11) is 0. The van der Waals surface area contributed by atoms with Gasteiger partial charge < -0.3 is 19.9 Å². The van der Waals surface area contributed by atoms with Crippen LogP contribution in [0.25, 0.3) is 11.0 Å². The van der Waals surface area contributed by atoms with Gasteiger partial charge in [-0.05, 0) is 49.4 Å². The van der Waals surface area contributed by atoms with Crippen LogP contribution in [0.5, 0.6) is 5.75 Å². The van der Waals surface area contributed by atoms with Gasteiger partial charge in [-0.2, -0.15) is 0 Å². The third-order valence-corrected chi connectivity index (χ3v) is 3.46. The van der Waals surface area contributed by atoms with E-state index in [9.17, 15) is 14.7 Å². The van der Waals surface area contributed by atoms with Gasteiger partial charge in [0.25, 0.3) is 5.91 Å². The lowest BCUT2D eigenvalue weighted by molar-refractivity contribution is 0.0696. The summed E-state index contributed by atoms with van der Waals surface area (Å²) in [5.41, 5.74) is 1.44. The average Bonchev–Trinajstić information content (AvgIpc) is 2.83. The van der Waals surface area contributed by atoms with Crippen molar-refractivity contribution in [1.29, 1.82) is 0 Å². The number of aromatic hydroxyl groups is 1. The van der Waals surface area contributed by atoms with Gasteiger partial charge in [-0.1, -0.05) is 0 Å². The predicted octanol–water partition coefficient (Wildman–Crippen LogP) is 3.40. The second kappa shape index (κ2) is 5.49. The predicted molar refractivity (Wildman–Crippen MR) is 84.0 cm³/mol. The molecule has 0 saturated heterocycles. The fraction of sp³-hybridized carbons (Fsp3) is 0.0588. The highest BCUT2D eigenvalue weighted by Crippen LogP contribution is 2.29. The van der Waals surface area contributed by atoms with E-state index in [1.54, 1.807) is 13.0 Å². The molecule has 0 spiro atoms. The smallest absolute Gasteiger partial charge is 0.335 e. The average molecular weight is 311 g/mol. The Morgan fingerprint density at radius 3 is 2.43 bits per heavy atom. The molecule has 23 heavy (non-hydrogen) atoms. The van der Waals surface area contributed by atoms with Gasteiger partial charge in [0.1, 0.15) is 17.1 Å². The molecule has 3 rings (SSSR count). The lowest BCUT2D eigenvalue weighted by atomic mass is 10.1. The Balaban J connectivity index is 1.93. The van der Waals surface area contributed by atoms with E-state index in [1.807, 2.05) is 0 Å². The molecule has 116 valence electrons. The number of nitrogens with one attached hydrogen (secondary N) is 1. The highest BCUT2D eigenvalue weighted by Gasteiger charge is 2.19. The van der Waals surface area contributed by atoms with Crippen molar-refractivity contribution in [2.24, 2.45) is 0 Å². The van der Waals surface area contributed by atoms with Crippen LogP contribution in [0.1, 0.15) is 26.5 Å². The number of benzene rings is 2. The maximum absolute atomic E-state index is 12.5. The van der Waals surface area contributed by atoms with E-state index in [0.717, 1.165) is 0 Å². The number of hydrogen-bond donors (Lipinski definition) is 3. The second-order valence-electron chi connectivity index (χ2n) is 5.05. The van der Waals surface area contributed by atoms with Crippen molar-refractivity contribution in [2.45, 2.75) is 6.92 Å². The minimum atomic E-state index is -1.03. The molecule has 6 heteroatoms. The molecule has 0 atom stereocenters. The summed E-state index contributed by atoms with van der Waals surface area (Å²) in [6.45, 7) is 1.67. The zero-order chi connectivity index (χ0) is 16.6. The van der Waals surface area contributed by atoms with Crippen molar-refractivity contribution in [3.05, 3.63) is 59.4 Å². The summed E-state index contributed by atoms with van der Waals surface area (Å²) in [5, 5.41) is 21.7. The van der Waals surface area contributed by atoms with Crippen LogP contribution < -0.4 is 5.32 Å². The molecule has 0 radical (unpaired) electrons. The first-order valence-electron chi connectivity index (χ1n) is 6.82. The number of phenols is 1. The normalized spacial score (nSPS) is 10.7. The standard InChI is InChI=1S/C17H13NO5/c1-9-15(13-8-12(19)6-7-14(13)23-9)16(20)18-11-4-2-10(3-5-11)17(21)22/h2-8,19H,1H3,(H,18,20)(H,21,22). The van der Waals surface area contributed by atoms with Gasteiger partial charge in [0.2, 0.25) is 0 Å². The molecule has 3 N–H and O–H groups in total. The Hall–Kier alpha value is -3.28. The van der Waals surface area contributed by atoms with E-state index < -0.39 is 11.9 Å². The highest BCUT2D eigenvalue weighted by atomic mass is 16.4. The Morgan fingerprint density at radius 2 is 1.78 bits per heavy atom. The van der Waals surface area contributed by atoms with Gasteiger partial charge in [-0.25, -0.2) is 4.79 Å². The minimum absolute atomic E-state index is 0.0400. The van der Waals surface area contributed by atoms with Crippen LogP contribution in [-0.4, -0.2) is 22.1 Å². The monoisotopic (exact) mass is 311 g/mol. The summed E-state index contributed by atoms with van der Waals surface area (Å²) in [4.78, 5) is 23.3. The largest absolute Gasteiger partial charge is 0.508 e. The van der Waals surface area contributed by atoms with Crippen molar-refractivity contribution in [1.82, 2.24) is 0 Å². The summed E-state index contributed by atoms with van der Waals surface area (Å²) >= 11 is 0. The zero-order valence-electron chi connectivity index (χ0n) is 12.2. The highest BCUT2D eigenvalue weighted by molar-refractivity contribution is 6.13. The van der Waals surface area contributed by atoms with E-state index >= 15 is 0 Å². The van der Waals surface area contributed by atoms with Crippen LogP contribution in [0.15, 0.2) is 46.9 Å². The molecule has 0 aliphatic heterocycles. The Labute approximate surface area is 131 Å². The number of carboxylic acid groups (broad SMARTS) is 1. The summed E-state index contributed by atoms with van der Waals surface area (Å²) in [6, 6.07) is 10.4. The number of hydrogen-bond acceptors (Lipinski definition) is 4. The number of fused-ring (bicyclic) bond motifs is 1. The lowest BCUT2D eigenvalue weighted by Gasteiger charge is -2.05. The van der Waals surface area contributed by atoms with Crippen LogP contribution in [0, 0.1) is 6.92 Å². The first-order chi connectivity index (χ1) is 11.0. The minimum Gasteiger partial charge on any atom is -0.508 e. The molecule has 3 aromatic rings. The van der Waals surface area contributed by atoms with Gasteiger partial charge >= 0.3 is 5.97 Å². The number of phenolic OH excluding ortho intramolecular Hbond substituents is 1. The van der Waals surface area contributed by atoms with Crippen LogP contribution >= 0.6 is 0 Å². The van der Waals surface area contributed by atoms with Crippen LogP contribution in [0.3, 0.4) is 0 Å². The number of aryl methyl sites for hydroxylation is 1. The number of amides is 1. The molecule has 0 fully saturated rings. The topological polar surface area (TPSA) is 99.8 Å². The van der Waals surface area contributed by atoms with Gasteiger partial charge in [-0.15, -0.1) is 0 Å². The van der Waals surface area contributed by atoms with Gasteiger partial charge in [0.05, 0.1) is 11.1 Å². The number of carboxylic acids is 1. The van der Waals surface area contributed by atoms with Gasteiger partial charge in [0.15, 0.2) is 0 Å². The third-order valence-electron chi connectivity index (χ3n) is 3.46. The summed E-state index contributed by atoms with van der Waals surface area (Å²) in [6.07, 6.45) is 0. The van der Waals surface area contributed by atoms with E-state index in [1.165, 1.54) is 36.4 Å². The number of anilines is 1. The SMILES string of the molecule is Cc1oc2ccc(O)cc2c1C(=O)Nc1ccc(C(=O)O)cc1. The van der Waals surface area contributed by atoms with Crippen molar-refractivity contribution in [2.75, 3.05) is 5.32 Å². The molecule has 1 heterocycles. The molecular formula is C17H13NO5. The first-order valence-corrected chi connectivity index (χ1v) is 6.82. The Bertz CT molecular complexity index is 909. The summed E-state index contributed by atoms with van der Waals surface area (Å²) < 4.78 is 5.51. The van der Waals surface area contributed by atoms with Crippen molar-refractivity contribution in [3.63, 3.8) is 0 Å². The number of rotatable bonds is 3. The van der Waals surface area contributed by atoms with Gasteiger partial charge in [0, 0.05) is 11.1 Å². The van der Waals surface area contributed by atoms with E-state index in [-0.39, 0.29) is 11.3 Å². The quantitative estimate of drug-likeness (QED) is 0.688. The van der Waals surface area contributed by atoms with Crippen LogP contribution in [0.2, 0.25) is 0 Å². The van der Waals surface area contributed by atoms with Crippen molar-refractivity contribution >= 4 is 28.5 Å². The third kappa shape index (κ3) is 2.74. The molecule has 0 aliphatic rings. The second-order valence-corrected chi connectivity index (χ2v) is 5.05. The summed E-state index contributed by atoms with van der Waals surface area (Å²) in [5.74, 6) is -0.951. The first kappa shape index (κ1) is 14.6. The van der Waals surface area contributed by atoms with E-state index in [2.05, 4.69) is 5.32 Å². The molecule has 0 unspecified atom stereocenters. The maximum atomic E-state index is 12.5. The van der Waals surface area contributed by atoms with Crippen LogP contribution in [-0.2, 0) is 0 Å². The molecule has 1 amide bonds. The molecule has 6 nitrogen and oxygen atoms in total. The molecule has 0 bridgehead atoms. The fourth-order valence-corrected chi connectivity index (χ4v) is 2.38. The molecular weight excluding hydrogens is 298 g/mol. The van der Waals surface area contributed by atoms with Crippen molar-refractivity contribution in [3.8, 4) is 5.75 Å². The molecule has 1 aromatic heterocycles. The molecule has 0 saturated carbocycles. The molecule has 0 aliphatic carbocycles. The number of aromatic carboxylic acids is 1. The number of carbonyl (C=O) groups is 2. The Kier molecular flexibility index (Phi) is 3.50. The fourth-order valence-electron chi connectivity index (χ4n) is 2.38. The Morgan fingerprint density at radius 1 is 1.09 bits per heavy atom. The van der Waals surface area contributed by atoms with E-state index in [0.29, 0.717) is 28.0 Å². The van der Waals surface area contributed by atoms with Gasteiger partial charge in [-0.3, -0.25) is 4.79 Å². The number of furan rings is 1. The van der Waals surface area contributed by atoms with Crippen LogP contribution in [0.4, 0.5) is 5.69 Å². The zero-order valence-corrected chi connectivity index (χ0v) is 12.2.